The fourth-order valence-electron chi connectivity index (χ4n) is 3.42. The molecular weight excluding hydrogens is 266 g/mol. The first-order valence-corrected chi connectivity index (χ1v) is 7.83. The van der Waals surface area contributed by atoms with Crippen molar-refractivity contribution in [1.29, 1.82) is 0 Å². The zero-order valence-electron chi connectivity index (χ0n) is 12.3. The minimum atomic E-state index is -0.499. The van der Waals surface area contributed by atoms with E-state index in [0.717, 1.165) is 19.3 Å². The summed E-state index contributed by atoms with van der Waals surface area (Å²) in [5.74, 6) is 0.167. The molecule has 2 aliphatic rings. The first-order chi connectivity index (χ1) is 10.2. The number of rotatable bonds is 3. The second kappa shape index (κ2) is 6.16. The van der Waals surface area contributed by atoms with Crippen LogP contribution in [0.1, 0.15) is 31.2 Å². The number of carbonyl (C=O) groups excluding carboxylic acids is 1. The van der Waals surface area contributed by atoms with Gasteiger partial charge >= 0.3 is 0 Å². The Labute approximate surface area is 125 Å². The maximum atomic E-state index is 12.4. The van der Waals surface area contributed by atoms with E-state index in [1.54, 1.807) is 0 Å². The van der Waals surface area contributed by atoms with Crippen LogP contribution in [0.3, 0.4) is 0 Å². The van der Waals surface area contributed by atoms with E-state index in [4.69, 9.17) is 4.74 Å². The van der Waals surface area contributed by atoms with Gasteiger partial charge in [0.2, 0.25) is 5.91 Å². The summed E-state index contributed by atoms with van der Waals surface area (Å²) in [5, 5.41) is 10.2. The molecule has 0 bridgehead atoms. The van der Waals surface area contributed by atoms with E-state index in [0.29, 0.717) is 32.5 Å². The fraction of sp³-hybridized carbons (Fsp3) is 0.588. The summed E-state index contributed by atoms with van der Waals surface area (Å²) in [4.78, 5) is 14.3. The normalized spacial score (nSPS) is 29.0. The van der Waals surface area contributed by atoms with Crippen molar-refractivity contribution in [3.63, 3.8) is 0 Å². The van der Waals surface area contributed by atoms with Gasteiger partial charge in [0.1, 0.15) is 5.60 Å². The molecule has 2 heterocycles. The summed E-state index contributed by atoms with van der Waals surface area (Å²) in [6.07, 6.45) is 3.32. The molecule has 21 heavy (non-hydrogen) atoms. The van der Waals surface area contributed by atoms with Gasteiger partial charge in [-0.25, -0.2) is 0 Å². The predicted molar refractivity (Wildman–Crippen MR) is 79.9 cm³/mol. The van der Waals surface area contributed by atoms with E-state index < -0.39 is 11.7 Å². The Morgan fingerprint density at radius 2 is 2.19 bits per heavy atom. The lowest BCUT2D eigenvalue weighted by molar-refractivity contribution is -0.154. The molecule has 2 aliphatic heterocycles. The molecule has 1 aromatic rings. The largest absolute Gasteiger partial charge is 0.390 e. The first-order valence-electron chi connectivity index (χ1n) is 7.83. The van der Waals surface area contributed by atoms with E-state index in [2.05, 4.69) is 12.1 Å². The molecule has 0 saturated carbocycles. The fourth-order valence-corrected chi connectivity index (χ4v) is 3.42. The van der Waals surface area contributed by atoms with Gasteiger partial charge in [0.25, 0.3) is 0 Å². The number of piperidine rings is 1. The lowest BCUT2D eigenvalue weighted by Gasteiger charge is -2.43. The van der Waals surface area contributed by atoms with Gasteiger partial charge in [0.15, 0.2) is 0 Å². The van der Waals surface area contributed by atoms with Crippen molar-refractivity contribution in [2.75, 3.05) is 19.7 Å². The zero-order chi connectivity index (χ0) is 14.7. The SMILES string of the molecule is O=C(CCc1ccccc1)N1CC[C@H](O)[C@]2(CCCO2)C1. The minimum absolute atomic E-state index is 0.167. The first kappa shape index (κ1) is 14.5. The molecule has 0 aliphatic carbocycles. The zero-order valence-corrected chi connectivity index (χ0v) is 12.3. The highest BCUT2D eigenvalue weighted by molar-refractivity contribution is 5.76. The Morgan fingerprint density at radius 1 is 1.38 bits per heavy atom. The number of ether oxygens (including phenoxy) is 1. The molecule has 2 fully saturated rings. The van der Waals surface area contributed by atoms with Crippen LogP contribution in [-0.2, 0) is 16.0 Å². The van der Waals surface area contributed by atoms with Gasteiger partial charge in [-0.1, -0.05) is 30.3 Å². The molecular formula is C17H23NO3. The molecule has 1 spiro atoms. The minimum Gasteiger partial charge on any atom is -0.390 e. The van der Waals surface area contributed by atoms with E-state index in [1.807, 2.05) is 23.1 Å². The third-order valence-electron chi connectivity index (χ3n) is 4.70. The number of aliphatic hydroxyl groups is 1. The average molecular weight is 289 g/mol. The van der Waals surface area contributed by atoms with E-state index in [-0.39, 0.29) is 5.91 Å². The average Bonchev–Trinajstić information content (AvgIpc) is 2.98. The molecule has 4 heteroatoms. The molecule has 1 aromatic carbocycles. The Bertz CT molecular complexity index is 482. The number of aryl methyl sites for hydroxylation is 1. The molecule has 4 nitrogen and oxygen atoms in total. The van der Waals surface area contributed by atoms with E-state index >= 15 is 0 Å². The Hall–Kier alpha value is -1.39. The van der Waals surface area contributed by atoms with Crippen LogP contribution in [-0.4, -0.2) is 47.3 Å². The predicted octanol–water partition coefficient (Wildman–Crippen LogP) is 1.76. The van der Waals surface area contributed by atoms with Gasteiger partial charge in [-0.15, -0.1) is 0 Å². The molecule has 0 unspecified atom stereocenters. The van der Waals surface area contributed by atoms with Crippen LogP contribution >= 0.6 is 0 Å². The number of hydrogen-bond acceptors (Lipinski definition) is 3. The highest BCUT2D eigenvalue weighted by Crippen LogP contribution is 2.35. The summed E-state index contributed by atoms with van der Waals surface area (Å²) in [6, 6.07) is 10.1. The third-order valence-corrected chi connectivity index (χ3v) is 4.70. The third kappa shape index (κ3) is 3.11. The summed E-state index contributed by atoms with van der Waals surface area (Å²) in [6.45, 7) is 1.88. The van der Waals surface area contributed by atoms with Crippen molar-refractivity contribution in [2.24, 2.45) is 0 Å². The van der Waals surface area contributed by atoms with Crippen molar-refractivity contribution >= 4 is 5.91 Å². The van der Waals surface area contributed by atoms with Crippen LogP contribution < -0.4 is 0 Å². The molecule has 0 radical (unpaired) electrons. The molecule has 114 valence electrons. The van der Waals surface area contributed by atoms with Gasteiger partial charge in [-0.2, -0.15) is 0 Å². The van der Waals surface area contributed by atoms with Gasteiger partial charge < -0.3 is 14.7 Å². The van der Waals surface area contributed by atoms with Crippen LogP contribution in [0.2, 0.25) is 0 Å². The number of aliphatic hydroxyl groups excluding tert-OH is 1. The maximum absolute atomic E-state index is 12.4. The van der Waals surface area contributed by atoms with Crippen LogP contribution in [0.5, 0.6) is 0 Å². The van der Waals surface area contributed by atoms with E-state index in [9.17, 15) is 9.90 Å². The molecule has 3 rings (SSSR count). The second-order valence-electron chi connectivity index (χ2n) is 6.12. The molecule has 0 aromatic heterocycles. The lowest BCUT2D eigenvalue weighted by atomic mass is 9.87. The highest BCUT2D eigenvalue weighted by atomic mass is 16.5. The monoisotopic (exact) mass is 289 g/mol. The Kier molecular flexibility index (Phi) is 4.27. The maximum Gasteiger partial charge on any atom is 0.223 e. The van der Waals surface area contributed by atoms with Crippen LogP contribution in [0.25, 0.3) is 0 Å². The molecule has 1 N–H and O–H groups in total. The van der Waals surface area contributed by atoms with Crippen LogP contribution in [0, 0.1) is 0 Å². The summed E-state index contributed by atoms with van der Waals surface area (Å²) in [7, 11) is 0. The van der Waals surface area contributed by atoms with Gasteiger partial charge in [-0.05, 0) is 31.2 Å². The molecule has 2 saturated heterocycles. The van der Waals surface area contributed by atoms with Crippen LogP contribution in [0.15, 0.2) is 30.3 Å². The summed E-state index contributed by atoms with van der Waals surface area (Å²) in [5.41, 5.74) is 0.690. The van der Waals surface area contributed by atoms with Crippen molar-refractivity contribution in [3.8, 4) is 0 Å². The lowest BCUT2D eigenvalue weighted by Crippen LogP contribution is -2.57. The number of likely N-dealkylation sites (tertiary alicyclic amines) is 1. The number of nitrogens with zero attached hydrogens (tertiary/aromatic N) is 1. The number of amides is 1. The smallest absolute Gasteiger partial charge is 0.223 e. The van der Waals surface area contributed by atoms with Gasteiger partial charge in [0, 0.05) is 19.6 Å². The highest BCUT2D eigenvalue weighted by Gasteiger charge is 2.46. The van der Waals surface area contributed by atoms with Gasteiger partial charge in [-0.3, -0.25) is 4.79 Å². The quantitative estimate of drug-likeness (QED) is 0.922. The van der Waals surface area contributed by atoms with Crippen molar-refractivity contribution in [3.05, 3.63) is 35.9 Å². The van der Waals surface area contributed by atoms with Crippen molar-refractivity contribution in [2.45, 2.75) is 43.8 Å². The van der Waals surface area contributed by atoms with E-state index in [1.165, 1.54) is 5.56 Å². The Balaban J connectivity index is 1.57. The summed E-state index contributed by atoms with van der Waals surface area (Å²) >= 11 is 0. The van der Waals surface area contributed by atoms with Crippen molar-refractivity contribution < 1.29 is 14.6 Å². The molecule has 1 amide bonds. The number of hydrogen-bond donors (Lipinski definition) is 1. The van der Waals surface area contributed by atoms with Gasteiger partial charge in [0.05, 0.1) is 12.6 Å². The molecule has 2 atom stereocenters. The number of benzene rings is 1. The Morgan fingerprint density at radius 3 is 2.90 bits per heavy atom. The van der Waals surface area contributed by atoms with Crippen LogP contribution in [0.4, 0.5) is 0 Å². The van der Waals surface area contributed by atoms with Crippen molar-refractivity contribution in [1.82, 2.24) is 4.90 Å². The summed E-state index contributed by atoms with van der Waals surface area (Å²) < 4.78 is 5.79. The number of carbonyl (C=O) groups is 1. The standard InChI is InChI=1S/C17H23NO3/c19-15-9-11-18(13-17(15)10-4-12-21-17)16(20)8-7-14-5-2-1-3-6-14/h1-3,5-6,15,19H,4,7-13H2/t15-,17-/m0/s1. The second-order valence-corrected chi connectivity index (χ2v) is 6.12. The topological polar surface area (TPSA) is 49.8 Å².